The van der Waals surface area contributed by atoms with E-state index < -0.39 is 12.3 Å². The van der Waals surface area contributed by atoms with Crippen LogP contribution in [0.5, 0.6) is 11.5 Å². The summed E-state index contributed by atoms with van der Waals surface area (Å²) in [5.41, 5.74) is 6.52. The zero-order valence-corrected chi connectivity index (χ0v) is 20.8. The zero-order chi connectivity index (χ0) is 26.2. The number of nitrogens with zero attached hydrogens (tertiary/aromatic N) is 6. The second-order valence-corrected chi connectivity index (χ2v) is 9.22. The third kappa shape index (κ3) is 4.21. The molecule has 2 heterocycles. The molecule has 0 saturated heterocycles. The molecule has 0 amide bonds. The van der Waals surface area contributed by atoms with Gasteiger partial charge >= 0.3 is 0 Å². The summed E-state index contributed by atoms with van der Waals surface area (Å²) in [4.78, 5) is 0. The molecule has 0 aliphatic rings. The summed E-state index contributed by atoms with van der Waals surface area (Å²) in [5, 5.41) is 45.2. The molecule has 4 N–H and O–H groups in total. The van der Waals surface area contributed by atoms with E-state index in [-0.39, 0.29) is 11.5 Å². The quantitative estimate of drug-likeness (QED) is 0.220. The fourth-order valence-corrected chi connectivity index (χ4v) is 4.67. The lowest BCUT2D eigenvalue weighted by atomic mass is 10.1. The van der Waals surface area contributed by atoms with Crippen molar-refractivity contribution < 1.29 is 10.2 Å². The molecule has 2 aromatic heterocycles. The van der Waals surface area contributed by atoms with E-state index in [0.717, 1.165) is 44.6 Å². The maximum atomic E-state index is 10.0. The smallest absolute Gasteiger partial charge is 0.164 e. The molecule has 10 heteroatoms. The molecule has 6 rings (SSSR count). The highest BCUT2D eigenvalue weighted by molar-refractivity contribution is 5.75. The van der Waals surface area contributed by atoms with Gasteiger partial charge in [-0.25, -0.2) is 9.36 Å². The van der Waals surface area contributed by atoms with Crippen LogP contribution in [-0.2, 0) is 0 Å². The van der Waals surface area contributed by atoms with Gasteiger partial charge in [0.15, 0.2) is 12.3 Å². The minimum Gasteiger partial charge on any atom is -0.508 e. The first-order valence-corrected chi connectivity index (χ1v) is 12.2. The summed E-state index contributed by atoms with van der Waals surface area (Å²) in [7, 11) is 0. The Labute approximate surface area is 218 Å². The van der Waals surface area contributed by atoms with E-state index in [0.29, 0.717) is 0 Å². The predicted octanol–water partition coefficient (Wildman–Crippen LogP) is 5.13. The summed E-state index contributed by atoms with van der Waals surface area (Å²) >= 11 is 0. The van der Waals surface area contributed by atoms with Gasteiger partial charge in [0, 0.05) is 11.4 Å². The average molecular weight is 507 g/mol. The van der Waals surface area contributed by atoms with Crippen LogP contribution < -0.4 is 10.6 Å². The van der Waals surface area contributed by atoms with Gasteiger partial charge in [-0.2, -0.15) is 0 Å². The number of rotatable bonds is 7. The van der Waals surface area contributed by atoms with E-state index in [1.165, 1.54) is 0 Å². The molecule has 190 valence electrons. The number of aromatic hydroxyl groups is 2. The highest BCUT2D eigenvalue weighted by atomic mass is 16.3. The van der Waals surface area contributed by atoms with Gasteiger partial charge in [0.25, 0.3) is 0 Å². The molecule has 0 fully saturated rings. The monoisotopic (exact) mass is 506 g/mol. The van der Waals surface area contributed by atoms with E-state index in [4.69, 9.17) is 0 Å². The highest BCUT2D eigenvalue weighted by Crippen LogP contribution is 2.34. The number of para-hydroxylation sites is 2. The van der Waals surface area contributed by atoms with Crippen LogP contribution in [0.25, 0.3) is 22.1 Å². The molecule has 0 bridgehead atoms. The normalized spacial score (nSPS) is 13.0. The molecule has 4 aromatic carbocycles. The van der Waals surface area contributed by atoms with E-state index in [1.54, 1.807) is 24.3 Å². The molecule has 0 unspecified atom stereocenters. The zero-order valence-electron chi connectivity index (χ0n) is 20.8. The van der Waals surface area contributed by atoms with Crippen molar-refractivity contribution in [2.24, 2.45) is 0 Å². The largest absolute Gasteiger partial charge is 0.508 e. The SMILES string of the molecule is Cc1cc(O)ccc1N[C@H]([C@H](Nc1ccc(O)cc1C)n1nnc2ccccc21)n1nnc2ccccc21. The summed E-state index contributed by atoms with van der Waals surface area (Å²) < 4.78 is 3.65. The third-order valence-electron chi connectivity index (χ3n) is 6.61. The number of hydrogen-bond donors (Lipinski definition) is 4. The number of hydrogen-bond acceptors (Lipinski definition) is 8. The van der Waals surface area contributed by atoms with Crippen LogP contribution >= 0.6 is 0 Å². The van der Waals surface area contributed by atoms with Gasteiger partial charge in [-0.1, -0.05) is 34.7 Å². The van der Waals surface area contributed by atoms with E-state index in [1.807, 2.05) is 83.9 Å². The number of anilines is 2. The molecule has 6 aromatic rings. The number of nitrogens with one attached hydrogen (secondary N) is 2. The molecule has 0 spiro atoms. The van der Waals surface area contributed by atoms with Crippen molar-refractivity contribution >= 4 is 33.4 Å². The second kappa shape index (κ2) is 9.40. The van der Waals surface area contributed by atoms with E-state index in [9.17, 15) is 10.2 Å². The number of aromatic nitrogens is 6. The molecule has 0 aliphatic heterocycles. The third-order valence-corrected chi connectivity index (χ3v) is 6.61. The minimum atomic E-state index is -0.552. The first-order valence-electron chi connectivity index (χ1n) is 12.2. The number of fused-ring (bicyclic) bond motifs is 2. The molecular weight excluding hydrogens is 480 g/mol. The van der Waals surface area contributed by atoms with Gasteiger partial charge in [-0.3, -0.25) is 0 Å². The Balaban J connectivity index is 1.56. The number of aryl methyl sites for hydroxylation is 2. The van der Waals surface area contributed by atoms with E-state index >= 15 is 0 Å². The second-order valence-electron chi connectivity index (χ2n) is 9.22. The fourth-order valence-electron chi connectivity index (χ4n) is 4.67. The van der Waals surface area contributed by atoms with Crippen molar-refractivity contribution in [1.82, 2.24) is 30.0 Å². The van der Waals surface area contributed by atoms with Crippen molar-refractivity contribution in [1.29, 1.82) is 0 Å². The van der Waals surface area contributed by atoms with Gasteiger partial charge in [0.05, 0.1) is 11.0 Å². The van der Waals surface area contributed by atoms with Gasteiger partial charge < -0.3 is 20.8 Å². The maximum absolute atomic E-state index is 10.0. The van der Waals surface area contributed by atoms with Crippen LogP contribution in [0.2, 0.25) is 0 Å². The highest BCUT2D eigenvalue weighted by Gasteiger charge is 2.31. The molecule has 0 aliphatic carbocycles. The Bertz CT molecular complexity index is 1630. The standard InChI is InChI=1S/C28H26N8O2/c1-17-15-19(37)11-13-21(17)29-27(35-25-9-5-3-7-23(25)31-33-35)28(30-22-14-12-20(38)16-18(22)2)36-26-10-6-4-8-24(26)32-34-36/h3-16,27-30,37-38H,1-2H3/t27-,28+. The molecule has 2 atom stereocenters. The van der Waals surface area contributed by atoms with E-state index in [2.05, 4.69) is 31.3 Å². The van der Waals surface area contributed by atoms with Crippen molar-refractivity contribution in [3.63, 3.8) is 0 Å². The predicted molar refractivity (Wildman–Crippen MR) is 146 cm³/mol. The first kappa shape index (κ1) is 23.3. The lowest BCUT2D eigenvalue weighted by Gasteiger charge is -2.31. The Hall–Kier alpha value is -5.12. The van der Waals surface area contributed by atoms with Crippen molar-refractivity contribution in [3.8, 4) is 11.5 Å². The fraction of sp³-hybridized carbons (Fsp3) is 0.143. The van der Waals surface area contributed by atoms with Crippen LogP contribution in [0.15, 0.2) is 84.9 Å². The summed E-state index contributed by atoms with van der Waals surface area (Å²) in [6.07, 6.45) is -1.10. The molecule has 10 nitrogen and oxygen atoms in total. The van der Waals surface area contributed by atoms with Gasteiger partial charge in [0.2, 0.25) is 0 Å². The Morgan fingerprint density at radius 2 is 1.03 bits per heavy atom. The molecule has 0 saturated carbocycles. The topological polar surface area (TPSA) is 126 Å². The van der Waals surface area contributed by atoms with Gasteiger partial charge in [-0.05, 0) is 85.6 Å². The van der Waals surface area contributed by atoms with Crippen LogP contribution in [0, 0.1) is 13.8 Å². The average Bonchev–Trinajstić information content (AvgIpc) is 3.53. The Morgan fingerprint density at radius 1 is 0.605 bits per heavy atom. The Kier molecular flexibility index (Phi) is 5.76. The van der Waals surface area contributed by atoms with Crippen molar-refractivity contribution in [2.75, 3.05) is 10.6 Å². The minimum absolute atomic E-state index is 0.187. The van der Waals surface area contributed by atoms with Crippen LogP contribution in [0.4, 0.5) is 11.4 Å². The summed E-state index contributed by atoms with van der Waals surface area (Å²) in [6.45, 7) is 3.85. The first-order chi connectivity index (χ1) is 18.5. The number of phenols is 2. The van der Waals surface area contributed by atoms with Crippen LogP contribution in [0.3, 0.4) is 0 Å². The lowest BCUT2D eigenvalue weighted by molar-refractivity contribution is 0.346. The van der Waals surface area contributed by atoms with Crippen LogP contribution in [0.1, 0.15) is 23.5 Å². The van der Waals surface area contributed by atoms with Crippen LogP contribution in [-0.4, -0.2) is 40.2 Å². The van der Waals surface area contributed by atoms with Gasteiger partial charge in [-0.15, -0.1) is 10.2 Å². The van der Waals surface area contributed by atoms with Gasteiger partial charge in [0.1, 0.15) is 22.5 Å². The maximum Gasteiger partial charge on any atom is 0.164 e. The molecule has 38 heavy (non-hydrogen) atoms. The summed E-state index contributed by atoms with van der Waals surface area (Å²) in [6, 6.07) is 25.9. The molecule has 0 radical (unpaired) electrons. The van der Waals surface area contributed by atoms with Crippen molar-refractivity contribution in [2.45, 2.75) is 26.2 Å². The molecular formula is C28H26N8O2. The Morgan fingerprint density at radius 3 is 1.45 bits per heavy atom. The summed E-state index contributed by atoms with van der Waals surface area (Å²) in [5.74, 6) is 0.375. The van der Waals surface area contributed by atoms with Crippen molar-refractivity contribution in [3.05, 3.63) is 96.1 Å². The number of benzene rings is 4. The number of phenolic OH excluding ortho intramolecular Hbond substituents is 2. The lowest BCUT2D eigenvalue weighted by Crippen LogP contribution is -2.35.